The maximum atomic E-state index is 5.94. The van der Waals surface area contributed by atoms with Crippen molar-refractivity contribution in [2.45, 2.75) is 51.7 Å². The monoisotopic (exact) mass is 303 g/mol. The Kier molecular flexibility index (Phi) is 5.51. The smallest absolute Gasteiger partial charge is 0.0619 e. The number of nitrogens with one attached hydrogen (secondary N) is 1. The molecular formula is C19H29NO2. The number of rotatable bonds is 6. The summed E-state index contributed by atoms with van der Waals surface area (Å²) in [6, 6.07) is 7.40. The first-order chi connectivity index (χ1) is 10.7. The molecule has 0 unspecified atom stereocenters. The van der Waals surface area contributed by atoms with Gasteiger partial charge in [0.05, 0.1) is 6.10 Å². The molecule has 0 spiro atoms. The van der Waals surface area contributed by atoms with Crippen LogP contribution in [0.1, 0.15) is 48.9 Å². The van der Waals surface area contributed by atoms with Crippen molar-refractivity contribution < 1.29 is 9.47 Å². The fraction of sp³-hybridized carbons (Fsp3) is 0.684. The van der Waals surface area contributed by atoms with Gasteiger partial charge >= 0.3 is 0 Å². The lowest BCUT2D eigenvalue weighted by atomic mass is 10.0. The zero-order chi connectivity index (χ0) is 15.4. The second-order valence-corrected chi connectivity index (χ2v) is 6.85. The van der Waals surface area contributed by atoms with Crippen molar-refractivity contribution in [3.63, 3.8) is 0 Å². The standard InChI is InChI=1S/C19H29NO2/c1-14-4-5-16-13-15(2)19(18(16)12-14)20-8-3-9-22-17-6-10-21-11-7-17/h4-5,12,15,17,19-20H,3,6-11,13H2,1-2H3/t15-,19+/m0/s1. The van der Waals surface area contributed by atoms with Crippen LogP contribution in [0.4, 0.5) is 0 Å². The van der Waals surface area contributed by atoms with Gasteiger partial charge in [-0.05, 0) is 56.2 Å². The summed E-state index contributed by atoms with van der Waals surface area (Å²) in [4.78, 5) is 0. The van der Waals surface area contributed by atoms with Crippen molar-refractivity contribution in [3.8, 4) is 0 Å². The molecule has 3 heteroatoms. The van der Waals surface area contributed by atoms with Crippen LogP contribution in [-0.4, -0.2) is 32.5 Å². The van der Waals surface area contributed by atoms with E-state index in [-0.39, 0.29) is 0 Å². The topological polar surface area (TPSA) is 30.5 Å². The molecule has 0 bridgehead atoms. The summed E-state index contributed by atoms with van der Waals surface area (Å²) >= 11 is 0. The van der Waals surface area contributed by atoms with E-state index >= 15 is 0 Å². The van der Waals surface area contributed by atoms with Crippen LogP contribution < -0.4 is 5.32 Å². The highest BCUT2D eigenvalue weighted by atomic mass is 16.5. The number of fused-ring (bicyclic) bond motifs is 1. The Hall–Kier alpha value is -0.900. The Morgan fingerprint density at radius 2 is 2.09 bits per heavy atom. The number of aryl methyl sites for hydroxylation is 1. The predicted molar refractivity (Wildman–Crippen MR) is 89.2 cm³/mol. The SMILES string of the molecule is Cc1ccc2c(c1)[C@H](NCCCOC1CCOCC1)[C@@H](C)C2. The largest absolute Gasteiger partial charge is 0.381 e. The van der Waals surface area contributed by atoms with Crippen LogP contribution in [0.25, 0.3) is 0 Å². The minimum Gasteiger partial charge on any atom is -0.381 e. The first kappa shape index (κ1) is 16.0. The lowest BCUT2D eigenvalue weighted by Crippen LogP contribution is -2.27. The molecule has 22 heavy (non-hydrogen) atoms. The average molecular weight is 303 g/mol. The molecule has 1 aliphatic heterocycles. The van der Waals surface area contributed by atoms with Crippen LogP contribution in [0, 0.1) is 12.8 Å². The van der Waals surface area contributed by atoms with E-state index in [1.807, 2.05) is 0 Å². The zero-order valence-corrected chi connectivity index (χ0v) is 13.9. The number of hydrogen-bond acceptors (Lipinski definition) is 3. The lowest BCUT2D eigenvalue weighted by Gasteiger charge is -2.23. The van der Waals surface area contributed by atoms with E-state index in [1.165, 1.54) is 23.1 Å². The van der Waals surface area contributed by atoms with Gasteiger partial charge in [-0.15, -0.1) is 0 Å². The van der Waals surface area contributed by atoms with Crippen LogP contribution in [0.2, 0.25) is 0 Å². The quantitative estimate of drug-likeness (QED) is 0.817. The van der Waals surface area contributed by atoms with Crippen LogP contribution in [-0.2, 0) is 15.9 Å². The molecule has 2 atom stereocenters. The number of hydrogen-bond donors (Lipinski definition) is 1. The molecule has 1 fully saturated rings. The van der Waals surface area contributed by atoms with Gasteiger partial charge in [0.1, 0.15) is 0 Å². The molecule has 3 rings (SSSR count). The molecule has 0 amide bonds. The molecule has 0 radical (unpaired) electrons. The third-order valence-corrected chi connectivity index (χ3v) is 4.95. The van der Waals surface area contributed by atoms with E-state index < -0.39 is 0 Å². The van der Waals surface area contributed by atoms with Crippen LogP contribution >= 0.6 is 0 Å². The number of benzene rings is 1. The molecule has 1 aromatic carbocycles. The van der Waals surface area contributed by atoms with E-state index in [4.69, 9.17) is 9.47 Å². The molecule has 2 aliphatic rings. The number of ether oxygens (including phenoxy) is 2. The third-order valence-electron chi connectivity index (χ3n) is 4.95. The van der Waals surface area contributed by atoms with Crippen LogP contribution in [0.15, 0.2) is 18.2 Å². The van der Waals surface area contributed by atoms with Crippen molar-refractivity contribution in [1.82, 2.24) is 5.32 Å². The molecule has 1 aromatic rings. The Morgan fingerprint density at radius 1 is 1.27 bits per heavy atom. The highest BCUT2D eigenvalue weighted by Gasteiger charge is 2.28. The second kappa shape index (κ2) is 7.58. The summed E-state index contributed by atoms with van der Waals surface area (Å²) in [5.74, 6) is 0.688. The van der Waals surface area contributed by atoms with E-state index in [2.05, 4.69) is 37.4 Å². The lowest BCUT2D eigenvalue weighted by molar-refractivity contribution is -0.0323. The summed E-state index contributed by atoms with van der Waals surface area (Å²) in [5, 5.41) is 3.75. The fourth-order valence-electron chi connectivity index (χ4n) is 3.69. The first-order valence-corrected chi connectivity index (χ1v) is 8.76. The minimum absolute atomic E-state index is 0.419. The molecular weight excluding hydrogens is 274 g/mol. The van der Waals surface area contributed by atoms with Crippen LogP contribution in [0.5, 0.6) is 0 Å². The van der Waals surface area contributed by atoms with E-state index in [1.54, 1.807) is 0 Å². The van der Waals surface area contributed by atoms with Gasteiger partial charge in [-0.3, -0.25) is 0 Å². The van der Waals surface area contributed by atoms with Crippen molar-refractivity contribution in [3.05, 3.63) is 34.9 Å². The average Bonchev–Trinajstić information content (AvgIpc) is 2.83. The van der Waals surface area contributed by atoms with Crippen LogP contribution in [0.3, 0.4) is 0 Å². The van der Waals surface area contributed by atoms with Gasteiger partial charge in [-0.1, -0.05) is 30.7 Å². The molecule has 0 saturated carbocycles. The zero-order valence-electron chi connectivity index (χ0n) is 13.9. The second-order valence-electron chi connectivity index (χ2n) is 6.85. The van der Waals surface area contributed by atoms with E-state index in [0.29, 0.717) is 18.1 Å². The Labute approximate surface area is 134 Å². The molecule has 122 valence electrons. The molecule has 1 saturated heterocycles. The summed E-state index contributed by atoms with van der Waals surface area (Å²) < 4.78 is 11.3. The van der Waals surface area contributed by atoms with Crippen molar-refractivity contribution in [2.75, 3.05) is 26.4 Å². The molecule has 1 N–H and O–H groups in total. The highest BCUT2D eigenvalue weighted by Crippen LogP contribution is 2.36. The van der Waals surface area contributed by atoms with Gasteiger partial charge in [0.2, 0.25) is 0 Å². The summed E-state index contributed by atoms with van der Waals surface area (Å²) in [5.41, 5.74) is 4.40. The maximum absolute atomic E-state index is 5.94. The van der Waals surface area contributed by atoms with E-state index in [9.17, 15) is 0 Å². The summed E-state index contributed by atoms with van der Waals surface area (Å²) in [6.07, 6.45) is 4.81. The normalized spacial score (nSPS) is 25.4. The predicted octanol–water partition coefficient (Wildman–Crippen LogP) is 3.40. The fourth-order valence-corrected chi connectivity index (χ4v) is 3.69. The summed E-state index contributed by atoms with van der Waals surface area (Å²) in [7, 11) is 0. The van der Waals surface area contributed by atoms with Gasteiger partial charge in [0.25, 0.3) is 0 Å². The minimum atomic E-state index is 0.419. The maximum Gasteiger partial charge on any atom is 0.0619 e. The molecule has 1 aliphatic carbocycles. The Balaban J connectivity index is 1.41. The third kappa shape index (κ3) is 3.89. The van der Waals surface area contributed by atoms with Gasteiger partial charge < -0.3 is 14.8 Å². The van der Waals surface area contributed by atoms with Gasteiger partial charge in [-0.25, -0.2) is 0 Å². The van der Waals surface area contributed by atoms with E-state index in [0.717, 1.165) is 45.6 Å². The summed E-state index contributed by atoms with van der Waals surface area (Å²) in [6.45, 7) is 8.15. The Bertz CT molecular complexity index is 482. The van der Waals surface area contributed by atoms with Crippen molar-refractivity contribution in [2.24, 2.45) is 5.92 Å². The van der Waals surface area contributed by atoms with Gasteiger partial charge in [0.15, 0.2) is 0 Å². The molecule has 0 aromatic heterocycles. The van der Waals surface area contributed by atoms with Gasteiger partial charge in [0, 0.05) is 25.9 Å². The van der Waals surface area contributed by atoms with Gasteiger partial charge in [-0.2, -0.15) is 0 Å². The van der Waals surface area contributed by atoms with Crippen molar-refractivity contribution in [1.29, 1.82) is 0 Å². The molecule has 3 nitrogen and oxygen atoms in total. The Morgan fingerprint density at radius 3 is 2.91 bits per heavy atom. The van der Waals surface area contributed by atoms with Crippen molar-refractivity contribution >= 4 is 0 Å². The first-order valence-electron chi connectivity index (χ1n) is 8.76. The highest BCUT2D eigenvalue weighted by molar-refractivity contribution is 5.38. The molecule has 1 heterocycles.